The fraction of sp³-hybridized carbons (Fsp3) is 0.632. The highest BCUT2D eigenvalue weighted by Gasteiger charge is 2.46. The maximum atomic E-state index is 12.7. The fourth-order valence-electron chi connectivity index (χ4n) is 3.36. The molecule has 1 unspecified atom stereocenters. The topological polar surface area (TPSA) is 75.7 Å². The Morgan fingerprint density at radius 1 is 1.20 bits per heavy atom. The summed E-state index contributed by atoms with van der Waals surface area (Å²) in [5.74, 6) is -0.624. The van der Waals surface area contributed by atoms with Gasteiger partial charge in [-0.1, -0.05) is 23.7 Å². The molecule has 30 heavy (non-hydrogen) atoms. The molecular formula is C19H26ClF3N2O4S. The van der Waals surface area contributed by atoms with Gasteiger partial charge in [0.05, 0.1) is 0 Å². The van der Waals surface area contributed by atoms with Gasteiger partial charge in [0.25, 0.3) is 0 Å². The van der Waals surface area contributed by atoms with Crippen molar-refractivity contribution in [1.82, 2.24) is 9.62 Å². The Hall–Kier alpha value is -1.52. The number of hydrogen-bond donors (Lipinski definition) is 1. The standard InChI is InChI=1S/C19H26ClF3N2O4S/c1-18(2,3)29-17(26)25-10-8-14(9-11-25)16(13-4-6-15(20)7-5-13)12-24-30(27,28)19(21,22)23/h4-7,14,16,24H,8-12H2,1-3H3. The number of hydrogen-bond acceptors (Lipinski definition) is 4. The second-order valence-electron chi connectivity index (χ2n) is 8.26. The summed E-state index contributed by atoms with van der Waals surface area (Å²) < 4.78 is 68.2. The highest BCUT2D eigenvalue weighted by atomic mass is 35.5. The van der Waals surface area contributed by atoms with Gasteiger partial charge in [-0.2, -0.15) is 13.2 Å². The summed E-state index contributed by atoms with van der Waals surface area (Å²) in [6.45, 7) is 5.63. The summed E-state index contributed by atoms with van der Waals surface area (Å²) in [5.41, 5.74) is -5.33. The Labute approximate surface area is 179 Å². The third-order valence-electron chi connectivity index (χ3n) is 4.86. The second-order valence-corrected chi connectivity index (χ2v) is 10.5. The van der Waals surface area contributed by atoms with E-state index in [-0.39, 0.29) is 5.92 Å². The molecule has 11 heteroatoms. The lowest BCUT2D eigenvalue weighted by Crippen LogP contribution is -2.44. The van der Waals surface area contributed by atoms with Crippen molar-refractivity contribution in [3.05, 3.63) is 34.9 Å². The predicted octanol–water partition coefficient (Wildman–Crippen LogP) is 4.51. The van der Waals surface area contributed by atoms with Crippen LogP contribution < -0.4 is 4.72 Å². The van der Waals surface area contributed by atoms with Gasteiger partial charge in [-0.3, -0.25) is 0 Å². The largest absolute Gasteiger partial charge is 0.511 e. The summed E-state index contributed by atoms with van der Waals surface area (Å²) >= 11 is 5.90. The molecule has 1 fully saturated rings. The van der Waals surface area contributed by atoms with Crippen LogP contribution in [-0.2, 0) is 14.8 Å². The highest BCUT2D eigenvalue weighted by molar-refractivity contribution is 7.90. The number of benzene rings is 1. The number of ether oxygens (including phenoxy) is 1. The average molecular weight is 471 g/mol. The van der Waals surface area contributed by atoms with Crippen LogP contribution in [0.1, 0.15) is 45.1 Å². The zero-order valence-corrected chi connectivity index (χ0v) is 18.6. The molecule has 170 valence electrons. The number of nitrogens with one attached hydrogen (secondary N) is 1. The number of nitrogens with zero attached hydrogens (tertiary/aromatic N) is 1. The van der Waals surface area contributed by atoms with Crippen molar-refractivity contribution in [3.8, 4) is 0 Å². The van der Waals surface area contributed by atoms with Crippen LogP contribution in [0.2, 0.25) is 5.02 Å². The third-order valence-corrected chi connectivity index (χ3v) is 6.26. The minimum atomic E-state index is -5.45. The summed E-state index contributed by atoms with van der Waals surface area (Å²) in [4.78, 5) is 13.8. The van der Waals surface area contributed by atoms with Crippen LogP contribution in [0.25, 0.3) is 0 Å². The quantitative estimate of drug-likeness (QED) is 0.687. The van der Waals surface area contributed by atoms with Gasteiger partial charge < -0.3 is 9.64 Å². The van der Waals surface area contributed by atoms with E-state index < -0.39 is 39.7 Å². The molecule has 0 aliphatic carbocycles. The maximum Gasteiger partial charge on any atom is 0.511 e. The van der Waals surface area contributed by atoms with Gasteiger partial charge in [0.15, 0.2) is 0 Å². The lowest BCUT2D eigenvalue weighted by molar-refractivity contribution is -0.0448. The van der Waals surface area contributed by atoms with Gasteiger partial charge in [0, 0.05) is 30.6 Å². The molecule has 0 saturated carbocycles. The van der Waals surface area contributed by atoms with Crippen molar-refractivity contribution in [2.75, 3.05) is 19.6 Å². The summed E-state index contributed by atoms with van der Waals surface area (Å²) in [6.07, 6.45) is 0.558. The number of carbonyl (C=O) groups is 1. The zero-order valence-electron chi connectivity index (χ0n) is 17.0. The molecule has 2 rings (SSSR count). The number of rotatable bonds is 5. The van der Waals surface area contributed by atoms with Gasteiger partial charge in [0.1, 0.15) is 5.60 Å². The van der Waals surface area contributed by atoms with E-state index >= 15 is 0 Å². The average Bonchev–Trinajstić information content (AvgIpc) is 2.61. The van der Waals surface area contributed by atoms with E-state index in [1.807, 2.05) is 0 Å². The number of likely N-dealkylation sites (tertiary alicyclic amines) is 1. The minimum Gasteiger partial charge on any atom is -0.444 e. The molecule has 1 heterocycles. The Bertz CT molecular complexity index is 831. The van der Waals surface area contributed by atoms with Crippen LogP contribution in [0.3, 0.4) is 0 Å². The molecule has 1 amide bonds. The van der Waals surface area contributed by atoms with Gasteiger partial charge in [-0.25, -0.2) is 17.9 Å². The third kappa shape index (κ3) is 6.75. The molecule has 1 aliphatic rings. The van der Waals surface area contributed by atoms with Gasteiger partial charge in [-0.15, -0.1) is 0 Å². The molecule has 0 aromatic heterocycles. The van der Waals surface area contributed by atoms with E-state index in [0.717, 1.165) is 0 Å². The van der Waals surface area contributed by atoms with Crippen molar-refractivity contribution in [2.24, 2.45) is 5.92 Å². The zero-order chi connectivity index (χ0) is 22.7. The summed E-state index contributed by atoms with van der Waals surface area (Å²) in [7, 11) is -5.45. The van der Waals surface area contributed by atoms with Crippen molar-refractivity contribution in [3.63, 3.8) is 0 Å². The summed E-state index contributed by atoms with van der Waals surface area (Å²) in [5, 5.41) is 0.466. The van der Waals surface area contributed by atoms with Crippen LogP contribution in [-0.4, -0.2) is 50.2 Å². The molecule has 0 radical (unpaired) electrons. The van der Waals surface area contributed by atoms with Crippen LogP contribution in [0.4, 0.5) is 18.0 Å². The molecule has 1 atom stereocenters. The summed E-state index contributed by atoms with van der Waals surface area (Å²) in [6, 6.07) is 6.57. The van der Waals surface area contributed by atoms with Crippen LogP contribution in [0.5, 0.6) is 0 Å². The molecule has 1 aromatic rings. The van der Waals surface area contributed by atoms with E-state index in [1.54, 1.807) is 54.7 Å². The Morgan fingerprint density at radius 2 is 1.73 bits per heavy atom. The first kappa shape index (κ1) is 24.7. The molecule has 1 aromatic carbocycles. The Kier molecular flexibility index (Phi) is 7.68. The number of amides is 1. The van der Waals surface area contributed by atoms with Crippen molar-refractivity contribution >= 4 is 27.7 Å². The van der Waals surface area contributed by atoms with E-state index in [1.165, 1.54) is 0 Å². The molecule has 0 bridgehead atoms. The van der Waals surface area contributed by atoms with E-state index in [9.17, 15) is 26.4 Å². The monoisotopic (exact) mass is 470 g/mol. The minimum absolute atomic E-state index is 0.124. The fourth-order valence-corrected chi connectivity index (χ4v) is 4.05. The van der Waals surface area contributed by atoms with Crippen LogP contribution >= 0.6 is 11.6 Å². The van der Waals surface area contributed by atoms with E-state index in [2.05, 4.69) is 0 Å². The molecule has 1 N–H and O–H groups in total. The predicted molar refractivity (Wildman–Crippen MR) is 108 cm³/mol. The Morgan fingerprint density at radius 3 is 2.20 bits per heavy atom. The lowest BCUT2D eigenvalue weighted by Gasteiger charge is -2.37. The number of halogens is 4. The second kappa shape index (κ2) is 9.32. The van der Waals surface area contributed by atoms with Gasteiger partial charge >= 0.3 is 21.6 Å². The normalized spacial score (nSPS) is 17.6. The van der Waals surface area contributed by atoms with Crippen LogP contribution in [0, 0.1) is 5.92 Å². The number of piperidine rings is 1. The van der Waals surface area contributed by atoms with Crippen LogP contribution in [0.15, 0.2) is 24.3 Å². The number of sulfonamides is 1. The van der Waals surface area contributed by atoms with Crippen molar-refractivity contribution in [1.29, 1.82) is 0 Å². The number of alkyl halides is 3. The van der Waals surface area contributed by atoms with Crippen molar-refractivity contribution < 1.29 is 31.1 Å². The first-order valence-electron chi connectivity index (χ1n) is 9.49. The highest BCUT2D eigenvalue weighted by Crippen LogP contribution is 2.34. The van der Waals surface area contributed by atoms with Crippen molar-refractivity contribution in [2.45, 2.75) is 50.6 Å². The number of carbonyl (C=O) groups excluding carboxylic acids is 1. The lowest BCUT2D eigenvalue weighted by atomic mass is 9.80. The molecule has 1 saturated heterocycles. The molecule has 1 aliphatic heterocycles. The maximum absolute atomic E-state index is 12.7. The van der Waals surface area contributed by atoms with Gasteiger partial charge in [-0.05, 0) is 57.2 Å². The molecule has 0 spiro atoms. The van der Waals surface area contributed by atoms with Gasteiger partial charge in [0.2, 0.25) is 0 Å². The SMILES string of the molecule is CC(C)(C)OC(=O)N1CCC(C(CNS(=O)(=O)C(F)(F)F)c2ccc(Cl)cc2)CC1. The first-order chi connectivity index (χ1) is 13.7. The Balaban J connectivity index is 2.12. The van der Waals surface area contributed by atoms with E-state index in [0.29, 0.717) is 36.5 Å². The molecular weight excluding hydrogens is 445 g/mol. The smallest absolute Gasteiger partial charge is 0.444 e. The van der Waals surface area contributed by atoms with E-state index in [4.69, 9.17) is 16.3 Å². The first-order valence-corrected chi connectivity index (χ1v) is 11.3. The molecule has 6 nitrogen and oxygen atoms in total.